The van der Waals surface area contributed by atoms with Gasteiger partial charge in [0, 0.05) is 36.9 Å². The van der Waals surface area contributed by atoms with Crippen molar-refractivity contribution in [2.45, 2.75) is 12.5 Å². The molecule has 1 atom stereocenters. The number of β-amino-alcohol motifs (C(OH)–C–C–N with tert-alkyl or cyclic N) is 1. The van der Waals surface area contributed by atoms with E-state index in [0.29, 0.717) is 13.1 Å². The van der Waals surface area contributed by atoms with E-state index >= 15 is 0 Å². The van der Waals surface area contributed by atoms with Crippen molar-refractivity contribution >= 4 is 17.3 Å². The highest BCUT2D eigenvalue weighted by atomic mass is 35.5. The number of nitrogens with zero attached hydrogens (tertiary/aromatic N) is 1. The number of nitrogens with one attached hydrogen (secondary N) is 1. The average Bonchev–Trinajstić information content (AvgIpc) is 2.40. The summed E-state index contributed by atoms with van der Waals surface area (Å²) in [4.78, 5) is 2.18. The molecule has 0 spiro atoms. The van der Waals surface area contributed by atoms with Crippen LogP contribution in [0.1, 0.15) is 6.92 Å². The van der Waals surface area contributed by atoms with Crippen LogP contribution in [0.2, 0.25) is 5.02 Å². The third kappa shape index (κ3) is 2.88. The summed E-state index contributed by atoms with van der Waals surface area (Å²) in [5.41, 5.74) is 0.421. The Morgan fingerprint density at radius 1 is 1.38 bits per heavy atom. The van der Waals surface area contributed by atoms with E-state index < -0.39 is 5.60 Å². The van der Waals surface area contributed by atoms with Crippen LogP contribution in [-0.4, -0.2) is 36.9 Å². The maximum atomic E-state index is 10.1. The van der Waals surface area contributed by atoms with Crippen LogP contribution in [0.4, 0.5) is 5.69 Å². The van der Waals surface area contributed by atoms with Gasteiger partial charge < -0.3 is 15.3 Å². The molecule has 16 heavy (non-hydrogen) atoms. The first-order valence-corrected chi connectivity index (χ1v) is 5.88. The van der Waals surface area contributed by atoms with Crippen LogP contribution in [-0.2, 0) is 0 Å². The first-order chi connectivity index (χ1) is 7.57. The molecule has 2 rings (SSSR count). The van der Waals surface area contributed by atoms with Gasteiger partial charge in [0.15, 0.2) is 0 Å². The van der Waals surface area contributed by atoms with Crippen molar-refractivity contribution in [3.8, 4) is 0 Å². The second-order valence-corrected chi connectivity index (χ2v) is 5.01. The van der Waals surface area contributed by atoms with Crippen molar-refractivity contribution < 1.29 is 5.11 Å². The van der Waals surface area contributed by atoms with Crippen LogP contribution in [0.5, 0.6) is 0 Å². The summed E-state index contributed by atoms with van der Waals surface area (Å²) >= 11 is 5.86. The van der Waals surface area contributed by atoms with E-state index in [2.05, 4.69) is 10.2 Å². The van der Waals surface area contributed by atoms with Crippen molar-refractivity contribution in [2.24, 2.45) is 0 Å². The number of aliphatic hydroxyl groups is 1. The van der Waals surface area contributed by atoms with Gasteiger partial charge >= 0.3 is 0 Å². The number of hydrogen-bond donors (Lipinski definition) is 2. The average molecular weight is 241 g/mol. The molecule has 1 aromatic carbocycles. The summed E-state index contributed by atoms with van der Waals surface area (Å²) in [6, 6.07) is 7.74. The maximum absolute atomic E-state index is 10.1. The van der Waals surface area contributed by atoms with Gasteiger partial charge in [-0.2, -0.15) is 0 Å². The number of hydrogen-bond acceptors (Lipinski definition) is 3. The third-order valence-electron chi connectivity index (χ3n) is 2.79. The molecule has 2 N–H and O–H groups in total. The van der Waals surface area contributed by atoms with E-state index in [1.165, 1.54) is 0 Å². The monoisotopic (exact) mass is 240 g/mol. The number of halogens is 1. The Balaban J connectivity index is 2.16. The zero-order chi connectivity index (χ0) is 11.6. The minimum absolute atomic E-state index is 0.636. The second kappa shape index (κ2) is 4.62. The van der Waals surface area contributed by atoms with Crippen LogP contribution in [0.3, 0.4) is 0 Å². The molecule has 1 aliphatic rings. The molecular formula is C12H17ClN2O. The number of benzene rings is 1. The summed E-state index contributed by atoms with van der Waals surface area (Å²) in [5.74, 6) is 0. The lowest BCUT2D eigenvalue weighted by molar-refractivity contribution is 0.0729. The Morgan fingerprint density at radius 2 is 2.06 bits per heavy atom. The molecule has 3 nitrogen and oxygen atoms in total. The fourth-order valence-corrected chi connectivity index (χ4v) is 2.12. The second-order valence-electron chi connectivity index (χ2n) is 4.57. The summed E-state index contributed by atoms with van der Waals surface area (Å²) in [7, 11) is 0. The zero-order valence-corrected chi connectivity index (χ0v) is 10.2. The van der Waals surface area contributed by atoms with E-state index in [4.69, 9.17) is 11.6 Å². The Morgan fingerprint density at radius 3 is 2.75 bits per heavy atom. The fraction of sp³-hybridized carbons (Fsp3) is 0.500. The first kappa shape index (κ1) is 11.7. The Labute approximate surface area is 101 Å². The van der Waals surface area contributed by atoms with E-state index in [1.54, 1.807) is 0 Å². The molecule has 1 fully saturated rings. The minimum atomic E-state index is -0.684. The fourth-order valence-electron chi connectivity index (χ4n) is 1.99. The Bertz CT molecular complexity index is 351. The van der Waals surface area contributed by atoms with Crippen molar-refractivity contribution in [2.75, 3.05) is 31.1 Å². The molecule has 0 amide bonds. The lowest BCUT2D eigenvalue weighted by atomic mass is 10.1. The standard InChI is InChI=1S/C12H17ClN2O/c1-12(16)8-14-6-7-15(9-12)11-4-2-10(13)3-5-11/h2-5,14,16H,6-9H2,1H3. The van der Waals surface area contributed by atoms with Crippen molar-refractivity contribution in [3.05, 3.63) is 29.3 Å². The van der Waals surface area contributed by atoms with Crippen LogP contribution in [0, 0.1) is 0 Å². The Kier molecular flexibility index (Phi) is 3.38. The summed E-state index contributed by atoms with van der Waals surface area (Å²) < 4.78 is 0. The van der Waals surface area contributed by atoms with Gasteiger partial charge in [0.1, 0.15) is 0 Å². The molecule has 1 heterocycles. The van der Waals surface area contributed by atoms with Gasteiger partial charge in [0.2, 0.25) is 0 Å². The van der Waals surface area contributed by atoms with Gasteiger partial charge in [-0.1, -0.05) is 11.6 Å². The summed E-state index contributed by atoms with van der Waals surface area (Å²) in [5, 5.41) is 14.1. The van der Waals surface area contributed by atoms with Crippen LogP contribution in [0.25, 0.3) is 0 Å². The number of rotatable bonds is 1. The molecule has 0 bridgehead atoms. The minimum Gasteiger partial charge on any atom is -0.387 e. The van der Waals surface area contributed by atoms with Crippen molar-refractivity contribution in [1.29, 1.82) is 0 Å². The lowest BCUT2D eigenvalue weighted by Crippen LogP contribution is -2.43. The van der Waals surface area contributed by atoms with E-state index in [0.717, 1.165) is 23.8 Å². The highest BCUT2D eigenvalue weighted by molar-refractivity contribution is 6.30. The number of anilines is 1. The topological polar surface area (TPSA) is 35.5 Å². The van der Waals surface area contributed by atoms with Gasteiger partial charge in [-0.25, -0.2) is 0 Å². The van der Waals surface area contributed by atoms with Gasteiger partial charge in [0.05, 0.1) is 5.60 Å². The predicted molar refractivity (Wildman–Crippen MR) is 67.2 cm³/mol. The summed E-state index contributed by atoms with van der Waals surface area (Å²) in [6.07, 6.45) is 0. The molecule has 0 radical (unpaired) electrons. The quantitative estimate of drug-likeness (QED) is 0.781. The molecule has 1 saturated heterocycles. The molecule has 88 valence electrons. The largest absolute Gasteiger partial charge is 0.387 e. The maximum Gasteiger partial charge on any atom is 0.0917 e. The van der Waals surface area contributed by atoms with Crippen LogP contribution in [0.15, 0.2) is 24.3 Å². The molecular weight excluding hydrogens is 224 g/mol. The molecule has 0 aromatic heterocycles. The molecule has 1 unspecified atom stereocenters. The Hall–Kier alpha value is -0.770. The van der Waals surface area contributed by atoms with Crippen molar-refractivity contribution in [3.63, 3.8) is 0 Å². The summed E-state index contributed by atoms with van der Waals surface area (Å²) in [6.45, 7) is 4.92. The first-order valence-electron chi connectivity index (χ1n) is 5.50. The van der Waals surface area contributed by atoms with E-state index in [-0.39, 0.29) is 0 Å². The zero-order valence-electron chi connectivity index (χ0n) is 9.41. The van der Waals surface area contributed by atoms with Crippen LogP contribution >= 0.6 is 11.6 Å². The normalized spacial score (nSPS) is 26.6. The van der Waals surface area contributed by atoms with E-state index in [1.807, 2.05) is 31.2 Å². The van der Waals surface area contributed by atoms with Gasteiger partial charge in [-0.05, 0) is 31.2 Å². The van der Waals surface area contributed by atoms with Gasteiger partial charge in [0.25, 0.3) is 0 Å². The molecule has 0 saturated carbocycles. The molecule has 1 aliphatic heterocycles. The molecule has 0 aliphatic carbocycles. The van der Waals surface area contributed by atoms with Crippen molar-refractivity contribution in [1.82, 2.24) is 5.32 Å². The molecule has 1 aromatic rings. The van der Waals surface area contributed by atoms with E-state index in [9.17, 15) is 5.11 Å². The smallest absolute Gasteiger partial charge is 0.0917 e. The SMILES string of the molecule is CC1(O)CNCCN(c2ccc(Cl)cc2)C1. The highest BCUT2D eigenvalue weighted by Crippen LogP contribution is 2.20. The molecule has 4 heteroatoms. The highest BCUT2D eigenvalue weighted by Gasteiger charge is 2.26. The van der Waals surface area contributed by atoms with Gasteiger partial charge in [-0.3, -0.25) is 0 Å². The van der Waals surface area contributed by atoms with Crippen LogP contribution < -0.4 is 10.2 Å². The predicted octanol–water partition coefficient (Wildman–Crippen LogP) is 1.50. The third-order valence-corrected chi connectivity index (χ3v) is 3.04. The van der Waals surface area contributed by atoms with Gasteiger partial charge in [-0.15, -0.1) is 0 Å². The lowest BCUT2D eigenvalue weighted by Gasteiger charge is -2.29.